The number of amides is 2. The van der Waals surface area contributed by atoms with Crippen LogP contribution in [0.2, 0.25) is 0 Å². The molecule has 1 aromatic carbocycles. The van der Waals surface area contributed by atoms with Gasteiger partial charge in [-0.05, 0) is 32.9 Å². The summed E-state index contributed by atoms with van der Waals surface area (Å²) in [6.45, 7) is 5.53. The van der Waals surface area contributed by atoms with E-state index >= 15 is 0 Å². The average Bonchev–Trinajstić information content (AvgIpc) is 2.34. The summed E-state index contributed by atoms with van der Waals surface area (Å²) < 4.78 is 0. The molecule has 0 aliphatic carbocycles. The first-order chi connectivity index (χ1) is 9.36. The summed E-state index contributed by atoms with van der Waals surface area (Å²) in [6, 6.07) is 4.04. The van der Waals surface area contributed by atoms with Crippen LogP contribution in [0.5, 0.6) is 11.5 Å². The smallest absolute Gasteiger partial charge is 0.261 e. The quantitative estimate of drug-likeness (QED) is 0.753. The molecule has 3 N–H and O–H groups in total. The second kappa shape index (κ2) is 6.79. The first kappa shape index (κ1) is 15.8. The van der Waals surface area contributed by atoms with Gasteiger partial charge in [-0.3, -0.25) is 9.59 Å². The van der Waals surface area contributed by atoms with Gasteiger partial charge in [-0.25, -0.2) is 0 Å². The fourth-order valence-electron chi connectivity index (χ4n) is 1.77. The molecule has 0 bridgehead atoms. The Morgan fingerprint density at radius 2 is 1.80 bits per heavy atom. The van der Waals surface area contributed by atoms with E-state index in [9.17, 15) is 19.8 Å². The summed E-state index contributed by atoms with van der Waals surface area (Å²) >= 11 is 0. The van der Waals surface area contributed by atoms with Crippen molar-refractivity contribution in [3.05, 3.63) is 23.8 Å². The molecular formula is C14H20N2O4. The Hall–Kier alpha value is -2.24. The van der Waals surface area contributed by atoms with Gasteiger partial charge in [0.05, 0.1) is 6.54 Å². The van der Waals surface area contributed by atoms with Crippen LogP contribution in [0.4, 0.5) is 0 Å². The van der Waals surface area contributed by atoms with E-state index in [0.717, 1.165) is 0 Å². The van der Waals surface area contributed by atoms with Gasteiger partial charge < -0.3 is 20.4 Å². The van der Waals surface area contributed by atoms with E-state index in [1.165, 1.54) is 23.1 Å². The third kappa shape index (κ3) is 3.88. The largest absolute Gasteiger partial charge is 0.507 e. The Morgan fingerprint density at radius 1 is 1.25 bits per heavy atom. The zero-order valence-electron chi connectivity index (χ0n) is 11.9. The Kier molecular flexibility index (Phi) is 5.37. The number of carbonyl (C=O) groups excluding carboxylic acids is 2. The number of hydrogen-bond acceptors (Lipinski definition) is 4. The molecule has 0 saturated heterocycles. The number of benzene rings is 1. The van der Waals surface area contributed by atoms with Gasteiger partial charge in [-0.2, -0.15) is 0 Å². The van der Waals surface area contributed by atoms with Gasteiger partial charge in [0, 0.05) is 12.6 Å². The van der Waals surface area contributed by atoms with Crippen LogP contribution in [0.1, 0.15) is 31.1 Å². The second-order valence-electron chi connectivity index (χ2n) is 4.71. The topological polar surface area (TPSA) is 89.9 Å². The molecule has 6 nitrogen and oxygen atoms in total. The molecule has 0 fully saturated rings. The number of likely N-dealkylation sites (N-methyl/N-ethyl adjacent to an activating group) is 1. The molecule has 0 aliphatic rings. The van der Waals surface area contributed by atoms with Crippen molar-refractivity contribution in [2.24, 2.45) is 0 Å². The van der Waals surface area contributed by atoms with E-state index in [4.69, 9.17) is 0 Å². The molecule has 20 heavy (non-hydrogen) atoms. The summed E-state index contributed by atoms with van der Waals surface area (Å²) in [7, 11) is 0. The van der Waals surface area contributed by atoms with Crippen molar-refractivity contribution in [1.29, 1.82) is 0 Å². The molecule has 110 valence electrons. The Labute approximate surface area is 118 Å². The number of nitrogens with one attached hydrogen (secondary N) is 1. The molecule has 0 unspecified atom stereocenters. The van der Waals surface area contributed by atoms with Crippen LogP contribution in [-0.2, 0) is 4.79 Å². The lowest BCUT2D eigenvalue weighted by Crippen LogP contribution is -2.42. The van der Waals surface area contributed by atoms with Crippen LogP contribution in [-0.4, -0.2) is 46.1 Å². The fraction of sp³-hybridized carbons (Fsp3) is 0.429. The summed E-state index contributed by atoms with van der Waals surface area (Å²) in [4.78, 5) is 25.2. The van der Waals surface area contributed by atoms with Gasteiger partial charge in [0.15, 0.2) is 0 Å². The minimum atomic E-state index is -0.581. The van der Waals surface area contributed by atoms with Crippen molar-refractivity contribution in [3.63, 3.8) is 0 Å². The number of phenolic OH excluding ortho intramolecular Hbond substituents is 2. The first-order valence-corrected chi connectivity index (χ1v) is 6.46. The predicted octanol–water partition coefficient (Wildman–Crippen LogP) is 1.08. The lowest BCUT2D eigenvalue weighted by atomic mass is 10.1. The highest BCUT2D eigenvalue weighted by Crippen LogP contribution is 2.27. The fourth-order valence-corrected chi connectivity index (χ4v) is 1.77. The van der Waals surface area contributed by atoms with Crippen molar-refractivity contribution < 1.29 is 19.8 Å². The highest BCUT2D eigenvalue weighted by Gasteiger charge is 2.23. The number of phenols is 2. The second-order valence-corrected chi connectivity index (χ2v) is 4.71. The first-order valence-electron chi connectivity index (χ1n) is 6.46. The average molecular weight is 280 g/mol. The molecule has 0 spiro atoms. The van der Waals surface area contributed by atoms with Crippen LogP contribution in [0.25, 0.3) is 0 Å². The number of nitrogens with zero attached hydrogens (tertiary/aromatic N) is 1. The van der Waals surface area contributed by atoms with Crippen molar-refractivity contribution in [2.75, 3.05) is 13.1 Å². The Balaban J connectivity index is 2.90. The van der Waals surface area contributed by atoms with Crippen molar-refractivity contribution in [3.8, 4) is 11.5 Å². The maximum absolute atomic E-state index is 12.3. The van der Waals surface area contributed by atoms with Gasteiger partial charge in [0.1, 0.15) is 17.1 Å². The molecule has 2 amide bonds. The van der Waals surface area contributed by atoms with Crippen molar-refractivity contribution in [2.45, 2.75) is 26.8 Å². The van der Waals surface area contributed by atoms with E-state index in [-0.39, 0.29) is 42.1 Å². The third-order valence-electron chi connectivity index (χ3n) is 2.69. The van der Waals surface area contributed by atoms with E-state index < -0.39 is 5.91 Å². The van der Waals surface area contributed by atoms with E-state index in [1.54, 1.807) is 6.92 Å². The maximum Gasteiger partial charge on any atom is 0.261 e. The lowest BCUT2D eigenvalue weighted by Gasteiger charge is -2.22. The third-order valence-corrected chi connectivity index (χ3v) is 2.69. The monoisotopic (exact) mass is 280 g/mol. The Morgan fingerprint density at radius 3 is 2.25 bits per heavy atom. The van der Waals surface area contributed by atoms with Gasteiger partial charge in [0.25, 0.3) is 5.91 Å². The number of hydrogen-bond donors (Lipinski definition) is 3. The van der Waals surface area contributed by atoms with E-state index in [2.05, 4.69) is 5.32 Å². The molecule has 0 aromatic heterocycles. The lowest BCUT2D eigenvalue weighted by molar-refractivity contribution is -0.122. The zero-order valence-corrected chi connectivity index (χ0v) is 11.9. The highest BCUT2D eigenvalue weighted by atomic mass is 16.3. The van der Waals surface area contributed by atoms with E-state index in [1.807, 2.05) is 13.8 Å². The van der Waals surface area contributed by atoms with Gasteiger partial charge in [-0.1, -0.05) is 6.07 Å². The standard InChI is InChI=1S/C14H20N2O4/c1-4-16(8-12(19)15-9(2)3)14(20)13-10(17)6-5-7-11(13)18/h5-7,9,17-18H,4,8H2,1-3H3,(H,15,19). The van der Waals surface area contributed by atoms with Gasteiger partial charge >= 0.3 is 0 Å². The summed E-state index contributed by atoms with van der Waals surface area (Å²) in [5.74, 6) is -1.48. The predicted molar refractivity (Wildman–Crippen MR) is 74.6 cm³/mol. The van der Waals surface area contributed by atoms with Crippen LogP contribution in [0.3, 0.4) is 0 Å². The van der Waals surface area contributed by atoms with Gasteiger partial charge in [0.2, 0.25) is 5.91 Å². The van der Waals surface area contributed by atoms with Crippen molar-refractivity contribution >= 4 is 11.8 Å². The molecule has 1 rings (SSSR count). The molecular weight excluding hydrogens is 260 g/mol. The molecule has 0 atom stereocenters. The van der Waals surface area contributed by atoms with Crippen LogP contribution in [0.15, 0.2) is 18.2 Å². The maximum atomic E-state index is 12.3. The molecule has 0 radical (unpaired) electrons. The SMILES string of the molecule is CCN(CC(=O)NC(C)C)C(=O)c1c(O)cccc1O. The van der Waals surface area contributed by atoms with Crippen LogP contribution < -0.4 is 5.32 Å². The van der Waals surface area contributed by atoms with Crippen LogP contribution in [0, 0.1) is 0 Å². The Bertz CT molecular complexity index is 480. The summed E-state index contributed by atoms with van der Waals surface area (Å²) in [5.41, 5.74) is -0.188. The molecule has 6 heteroatoms. The molecule has 0 aliphatic heterocycles. The normalized spacial score (nSPS) is 10.4. The molecule has 0 heterocycles. The molecule has 1 aromatic rings. The number of rotatable bonds is 5. The number of carbonyl (C=O) groups is 2. The summed E-state index contributed by atoms with van der Waals surface area (Å²) in [6.07, 6.45) is 0. The minimum Gasteiger partial charge on any atom is -0.507 e. The van der Waals surface area contributed by atoms with Crippen LogP contribution >= 0.6 is 0 Å². The summed E-state index contributed by atoms with van der Waals surface area (Å²) in [5, 5.41) is 22.0. The van der Waals surface area contributed by atoms with Gasteiger partial charge in [-0.15, -0.1) is 0 Å². The highest BCUT2D eigenvalue weighted by molar-refractivity contribution is 6.01. The molecule has 0 saturated carbocycles. The minimum absolute atomic E-state index is 0.0187. The van der Waals surface area contributed by atoms with Crippen molar-refractivity contribution in [1.82, 2.24) is 10.2 Å². The zero-order chi connectivity index (χ0) is 15.3. The van der Waals surface area contributed by atoms with E-state index in [0.29, 0.717) is 0 Å². The number of aromatic hydroxyl groups is 2.